The first kappa shape index (κ1) is 13.1. The minimum Gasteiger partial charge on any atom is -0.320 e. The van der Waals surface area contributed by atoms with Crippen LogP contribution in [0.15, 0.2) is 36.4 Å². The molecule has 2 rings (SSSR count). The lowest BCUT2D eigenvalue weighted by Crippen LogP contribution is -2.13. The molecular formula is C15H15ClFN. The minimum absolute atomic E-state index is 0.245. The highest BCUT2D eigenvalue weighted by atomic mass is 35.5. The molecule has 1 unspecified atom stereocenters. The lowest BCUT2D eigenvalue weighted by Gasteiger charge is -2.16. The Balaban J connectivity index is 2.44. The van der Waals surface area contributed by atoms with Crippen LogP contribution in [0.2, 0.25) is 5.02 Å². The van der Waals surface area contributed by atoms with E-state index < -0.39 is 0 Å². The first-order chi connectivity index (χ1) is 8.47. The van der Waals surface area contributed by atoms with Gasteiger partial charge in [0, 0.05) is 5.02 Å². The summed E-state index contributed by atoms with van der Waals surface area (Å²) in [5, 5.41) is 0.667. The number of aryl methyl sites for hydroxylation is 2. The molecule has 1 atom stereocenters. The second kappa shape index (κ2) is 5.09. The Morgan fingerprint density at radius 3 is 2.44 bits per heavy atom. The van der Waals surface area contributed by atoms with Gasteiger partial charge in [-0.05, 0) is 60.4 Å². The molecule has 0 amide bonds. The Morgan fingerprint density at radius 2 is 1.83 bits per heavy atom. The molecule has 0 aliphatic heterocycles. The van der Waals surface area contributed by atoms with E-state index in [0.717, 1.165) is 22.3 Å². The fourth-order valence-corrected chi connectivity index (χ4v) is 2.41. The van der Waals surface area contributed by atoms with Gasteiger partial charge in [-0.2, -0.15) is 0 Å². The van der Waals surface area contributed by atoms with Gasteiger partial charge < -0.3 is 5.73 Å². The normalized spacial score (nSPS) is 12.5. The Bertz CT molecular complexity index is 560. The number of halogens is 2. The predicted octanol–water partition coefficient (Wildman–Crippen LogP) is 4.14. The molecule has 2 N–H and O–H groups in total. The van der Waals surface area contributed by atoms with E-state index in [2.05, 4.69) is 0 Å². The van der Waals surface area contributed by atoms with Crippen LogP contribution in [0.1, 0.15) is 28.3 Å². The summed E-state index contributed by atoms with van der Waals surface area (Å²) in [7, 11) is 0. The number of rotatable bonds is 2. The monoisotopic (exact) mass is 263 g/mol. The van der Waals surface area contributed by atoms with Gasteiger partial charge >= 0.3 is 0 Å². The third-order valence-corrected chi connectivity index (χ3v) is 3.21. The van der Waals surface area contributed by atoms with Crippen molar-refractivity contribution in [1.82, 2.24) is 0 Å². The quantitative estimate of drug-likeness (QED) is 0.866. The van der Waals surface area contributed by atoms with Crippen molar-refractivity contribution >= 4 is 11.6 Å². The van der Waals surface area contributed by atoms with Crippen LogP contribution in [0.4, 0.5) is 4.39 Å². The zero-order valence-corrected chi connectivity index (χ0v) is 11.1. The summed E-state index contributed by atoms with van der Waals surface area (Å²) in [5.74, 6) is -0.245. The largest absolute Gasteiger partial charge is 0.320 e. The smallest absolute Gasteiger partial charge is 0.123 e. The lowest BCUT2D eigenvalue weighted by atomic mass is 9.95. The van der Waals surface area contributed by atoms with Gasteiger partial charge in [0.15, 0.2) is 0 Å². The average Bonchev–Trinajstić information content (AvgIpc) is 2.26. The molecule has 0 bridgehead atoms. The fraction of sp³-hybridized carbons (Fsp3) is 0.200. The third-order valence-electron chi connectivity index (χ3n) is 2.99. The molecule has 0 saturated carbocycles. The summed E-state index contributed by atoms with van der Waals surface area (Å²) in [4.78, 5) is 0. The van der Waals surface area contributed by atoms with E-state index in [9.17, 15) is 4.39 Å². The first-order valence-corrected chi connectivity index (χ1v) is 6.14. The summed E-state index contributed by atoms with van der Waals surface area (Å²) in [5.41, 5.74) is 9.99. The van der Waals surface area contributed by atoms with Crippen LogP contribution in [0.25, 0.3) is 0 Å². The SMILES string of the molecule is Cc1cc(Cl)cc(C(N)c2ccc(F)cc2C)c1. The van der Waals surface area contributed by atoms with E-state index in [-0.39, 0.29) is 11.9 Å². The van der Waals surface area contributed by atoms with Crippen molar-refractivity contribution < 1.29 is 4.39 Å². The summed E-state index contributed by atoms with van der Waals surface area (Å²) in [6, 6.07) is 10.1. The maximum atomic E-state index is 13.1. The maximum Gasteiger partial charge on any atom is 0.123 e. The third kappa shape index (κ3) is 2.71. The Hall–Kier alpha value is -1.38. The molecular weight excluding hydrogens is 249 g/mol. The maximum absolute atomic E-state index is 13.1. The van der Waals surface area contributed by atoms with Crippen molar-refractivity contribution in [3.63, 3.8) is 0 Å². The van der Waals surface area contributed by atoms with Gasteiger partial charge in [0.2, 0.25) is 0 Å². The van der Waals surface area contributed by atoms with Gasteiger partial charge in [-0.1, -0.05) is 23.7 Å². The van der Waals surface area contributed by atoms with Gasteiger partial charge in [0.25, 0.3) is 0 Å². The zero-order chi connectivity index (χ0) is 13.3. The summed E-state index contributed by atoms with van der Waals surface area (Å²) >= 11 is 6.03. The van der Waals surface area contributed by atoms with Crippen molar-refractivity contribution in [3.8, 4) is 0 Å². The van der Waals surface area contributed by atoms with E-state index in [0.29, 0.717) is 5.02 Å². The Kier molecular flexibility index (Phi) is 3.69. The van der Waals surface area contributed by atoms with Gasteiger partial charge in [-0.3, -0.25) is 0 Å². The highest BCUT2D eigenvalue weighted by molar-refractivity contribution is 6.30. The van der Waals surface area contributed by atoms with Crippen LogP contribution < -0.4 is 5.73 Å². The molecule has 2 aromatic rings. The number of nitrogens with two attached hydrogens (primary N) is 1. The van der Waals surface area contributed by atoms with Crippen LogP contribution in [0, 0.1) is 19.7 Å². The summed E-state index contributed by atoms with van der Waals surface area (Å²) in [6.07, 6.45) is 0. The first-order valence-electron chi connectivity index (χ1n) is 5.76. The molecule has 1 nitrogen and oxygen atoms in total. The van der Waals surface area contributed by atoms with Crippen molar-refractivity contribution in [2.24, 2.45) is 5.73 Å². The average molecular weight is 264 g/mol. The summed E-state index contributed by atoms with van der Waals surface area (Å²) < 4.78 is 13.1. The second-order valence-electron chi connectivity index (χ2n) is 4.54. The van der Waals surface area contributed by atoms with Gasteiger partial charge in [0.1, 0.15) is 5.82 Å². The van der Waals surface area contributed by atoms with E-state index in [4.69, 9.17) is 17.3 Å². The Labute approximate surface area is 111 Å². The standard InChI is InChI=1S/C15H15ClFN/c1-9-5-11(8-12(16)6-9)15(18)14-4-3-13(17)7-10(14)2/h3-8,15H,18H2,1-2H3. The number of hydrogen-bond acceptors (Lipinski definition) is 1. The van der Waals surface area contributed by atoms with Gasteiger partial charge in [-0.15, -0.1) is 0 Å². The van der Waals surface area contributed by atoms with Crippen LogP contribution in [0.3, 0.4) is 0 Å². The molecule has 0 heterocycles. The Morgan fingerprint density at radius 1 is 1.11 bits per heavy atom. The van der Waals surface area contributed by atoms with E-state index in [1.54, 1.807) is 6.07 Å². The molecule has 0 aromatic heterocycles. The molecule has 94 valence electrons. The van der Waals surface area contributed by atoms with Crippen molar-refractivity contribution in [3.05, 3.63) is 69.5 Å². The molecule has 0 saturated heterocycles. The fourth-order valence-electron chi connectivity index (χ4n) is 2.11. The van der Waals surface area contributed by atoms with Crippen molar-refractivity contribution in [1.29, 1.82) is 0 Å². The highest BCUT2D eigenvalue weighted by Gasteiger charge is 2.12. The minimum atomic E-state index is -0.289. The van der Waals surface area contributed by atoms with E-state index >= 15 is 0 Å². The van der Waals surface area contributed by atoms with Crippen LogP contribution in [-0.4, -0.2) is 0 Å². The predicted molar refractivity (Wildman–Crippen MR) is 73.4 cm³/mol. The zero-order valence-electron chi connectivity index (χ0n) is 10.4. The van der Waals surface area contributed by atoms with Crippen LogP contribution in [-0.2, 0) is 0 Å². The highest BCUT2D eigenvalue weighted by Crippen LogP contribution is 2.26. The van der Waals surface area contributed by atoms with Crippen molar-refractivity contribution in [2.45, 2.75) is 19.9 Å². The van der Waals surface area contributed by atoms with E-state index in [1.165, 1.54) is 12.1 Å². The molecule has 0 spiro atoms. The second-order valence-corrected chi connectivity index (χ2v) is 4.98. The molecule has 3 heteroatoms. The van der Waals surface area contributed by atoms with Gasteiger partial charge in [0.05, 0.1) is 6.04 Å². The molecule has 2 aromatic carbocycles. The molecule has 18 heavy (non-hydrogen) atoms. The molecule has 0 aliphatic rings. The summed E-state index contributed by atoms with van der Waals surface area (Å²) in [6.45, 7) is 3.83. The molecule has 0 fully saturated rings. The molecule has 0 radical (unpaired) electrons. The number of benzene rings is 2. The molecule has 0 aliphatic carbocycles. The van der Waals surface area contributed by atoms with Crippen LogP contribution >= 0.6 is 11.6 Å². The van der Waals surface area contributed by atoms with Gasteiger partial charge in [-0.25, -0.2) is 4.39 Å². The lowest BCUT2D eigenvalue weighted by molar-refractivity contribution is 0.624. The number of hydrogen-bond donors (Lipinski definition) is 1. The topological polar surface area (TPSA) is 26.0 Å². The van der Waals surface area contributed by atoms with E-state index in [1.807, 2.05) is 32.0 Å². The van der Waals surface area contributed by atoms with Crippen molar-refractivity contribution in [2.75, 3.05) is 0 Å². The van der Waals surface area contributed by atoms with Crippen LogP contribution in [0.5, 0.6) is 0 Å².